The number of hydrogen-bond acceptors (Lipinski definition) is 4. The van der Waals surface area contributed by atoms with Crippen molar-refractivity contribution in [2.75, 3.05) is 0 Å². The lowest BCUT2D eigenvalue weighted by atomic mass is 9.70. The fourth-order valence-corrected chi connectivity index (χ4v) is 8.81. The molecule has 8 heteroatoms. The zero-order chi connectivity index (χ0) is 28.8. The van der Waals surface area contributed by atoms with E-state index in [9.17, 15) is 13.2 Å². The summed E-state index contributed by atoms with van der Waals surface area (Å²) in [4.78, 5) is 5.39. The molecule has 1 aliphatic heterocycles. The van der Waals surface area contributed by atoms with Crippen LogP contribution in [-0.4, -0.2) is 13.3 Å². The quantitative estimate of drug-likeness (QED) is 0.338. The average Bonchev–Trinajstić information content (AvgIpc) is 3.51. The van der Waals surface area contributed by atoms with E-state index in [1.165, 1.54) is 17.2 Å². The molecular formula is C31H44F3NO2SSi. The topological polar surface area (TPSA) is 31.4 Å². The van der Waals surface area contributed by atoms with Crippen molar-refractivity contribution in [3.05, 3.63) is 50.0 Å². The minimum Gasteiger partial charge on any atom is -0.410 e. The molecule has 0 aromatic carbocycles. The third-order valence-electron chi connectivity index (χ3n) is 9.51. The Morgan fingerprint density at radius 1 is 1.08 bits per heavy atom. The molecular weight excluding hydrogens is 535 g/mol. The van der Waals surface area contributed by atoms with Gasteiger partial charge in [0.25, 0.3) is 0 Å². The fraction of sp³-hybridized carbons (Fsp3) is 0.710. The van der Waals surface area contributed by atoms with E-state index in [-0.39, 0.29) is 22.5 Å². The lowest BCUT2D eigenvalue weighted by molar-refractivity contribution is -0.134. The molecule has 2 unspecified atom stereocenters. The van der Waals surface area contributed by atoms with Crippen LogP contribution in [0.5, 0.6) is 0 Å². The monoisotopic (exact) mass is 579 g/mol. The molecule has 39 heavy (non-hydrogen) atoms. The van der Waals surface area contributed by atoms with Gasteiger partial charge >= 0.3 is 6.18 Å². The number of pyridine rings is 1. The van der Waals surface area contributed by atoms with Gasteiger partial charge in [-0.05, 0) is 72.8 Å². The number of nitrogens with zero attached hydrogens (tertiary/aromatic N) is 1. The largest absolute Gasteiger partial charge is 0.425 e. The number of hydrogen-bond donors (Lipinski definition) is 0. The lowest BCUT2D eigenvalue weighted by Gasteiger charge is -2.45. The maximum Gasteiger partial charge on any atom is 0.425 e. The molecule has 2 aromatic rings. The van der Waals surface area contributed by atoms with Crippen molar-refractivity contribution in [3.63, 3.8) is 0 Å². The van der Waals surface area contributed by atoms with E-state index < -0.39 is 31.1 Å². The molecule has 3 aliphatic rings. The van der Waals surface area contributed by atoms with Gasteiger partial charge in [-0.1, -0.05) is 61.3 Å². The molecule has 3 heterocycles. The number of thiophene rings is 1. The number of aromatic nitrogens is 1. The highest BCUT2D eigenvalue weighted by Crippen LogP contribution is 2.61. The highest BCUT2D eigenvalue weighted by Gasteiger charge is 2.54. The number of rotatable bonds is 4. The molecule has 1 spiro atoms. The van der Waals surface area contributed by atoms with Crippen molar-refractivity contribution in [3.8, 4) is 0 Å². The first-order chi connectivity index (χ1) is 17.9. The Kier molecular flexibility index (Phi) is 7.05. The van der Waals surface area contributed by atoms with Crippen molar-refractivity contribution < 1.29 is 22.3 Å². The molecule has 5 rings (SSSR count). The van der Waals surface area contributed by atoms with Crippen LogP contribution in [0.1, 0.15) is 137 Å². The van der Waals surface area contributed by atoms with Gasteiger partial charge in [-0.25, -0.2) is 0 Å². The van der Waals surface area contributed by atoms with Gasteiger partial charge in [0.2, 0.25) is 0 Å². The zero-order valence-electron chi connectivity index (χ0n) is 24.9. The molecule has 0 amide bonds. The van der Waals surface area contributed by atoms with Gasteiger partial charge in [0.05, 0.1) is 11.7 Å². The molecule has 1 fully saturated rings. The van der Waals surface area contributed by atoms with Crippen LogP contribution in [0.4, 0.5) is 13.2 Å². The van der Waals surface area contributed by atoms with Gasteiger partial charge in [-0.15, -0.1) is 11.3 Å². The molecule has 0 N–H and O–H groups in total. The molecule has 0 radical (unpaired) electrons. The Morgan fingerprint density at radius 2 is 1.72 bits per heavy atom. The van der Waals surface area contributed by atoms with Crippen molar-refractivity contribution in [1.82, 2.24) is 4.98 Å². The molecule has 0 bridgehead atoms. The van der Waals surface area contributed by atoms with Crippen LogP contribution < -0.4 is 0 Å². The van der Waals surface area contributed by atoms with E-state index >= 15 is 0 Å². The predicted octanol–water partition coefficient (Wildman–Crippen LogP) is 10.2. The highest BCUT2D eigenvalue weighted by molar-refractivity contribution is 7.12. The van der Waals surface area contributed by atoms with Gasteiger partial charge in [0.1, 0.15) is 11.0 Å². The highest BCUT2D eigenvalue weighted by atomic mass is 32.1. The summed E-state index contributed by atoms with van der Waals surface area (Å²) in [6.07, 6.45) is 0.660. The van der Waals surface area contributed by atoms with Crippen LogP contribution >= 0.6 is 11.3 Å². The third-order valence-corrected chi connectivity index (χ3v) is 15.2. The minimum atomic E-state index is -4.36. The number of fused-ring (bicyclic) bond motifs is 4. The van der Waals surface area contributed by atoms with Crippen LogP contribution in [0, 0.1) is 5.41 Å². The van der Waals surface area contributed by atoms with Crippen LogP contribution in [0.15, 0.2) is 12.1 Å². The van der Waals surface area contributed by atoms with Crippen molar-refractivity contribution in [2.24, 2.45) is 5.41 Å². The first-order valence-corrected chi connectivity index (χ1v) is 18.2. The SMILES string of the molecule is CC(C)c1nc2c(c3c1C(c1ccc(C(F)(F)F)s1)OC31CCCC1)C(O[Si](C)(C)C(C)(C)C)CC(C)(C)C2. The van der Waals surface area contributed by atoms with Gasteiger partial charge in [-0.2, -0.15) is 13.2 Å². The lowest BCUT2D eigenvalue weighted by Crippen LogP contribution is -2.44. The maximum atomic E-state index is 13.6. The normalized spacial score (nSPS) is 24.4. The van der Waals surface area contributed by atoms with Crippen molar-refractivity contribution in [1.29, 1.82) is 0 Å². The van der Waals surface area contributed by atoms with E-state index in [0.717, 1.165) is 66.8 Å². The summed E-state index contributed by atoms with van der Waals surface area (Å²) in [5, 5.41) is 0.0538. The molecule has 0 saturated heterocycles. The van der Waals surface area contributed by atoms with Gasteiger partial charge < -0.3 is 9.16 Å². The number of ether oxygens (including phenoxy) is 1. The first kappa shape index (κ1) is 29.3. The summed E-state index contributed by atoms with van der Waals surface area (Å²) < 4.78 is 55.1. The second-order valence-corrected chi connectivity index (χ2v) is 20.5. The van der Waals surface area contributed by atoms with E-state index in [1.54, 1.807) is 6.07 Å². The Morgan fingerprint density at radius 3 is 2.26 bits per heavy atom. The van der Waals surface area contributed by atoms with Crippen molar-refractivity contribution >= 4 is 19.7 Å². The van der Waals surface area contributed by atoms with E-state index in [2.05, 4.69) is 61.6 Å². The summed E-state index contributed by atoms with van der Waals surface area (Å²) in [5.74, 6) is 0.124. The van der Waals surface area contributed by atoms with Crippen LogP contribution in [0.25, 0.3) is 0 Å². The zero-order valence-corrected chi connectivity index (χ0v) is 26.8. The first-order valence-electron chi connectivity index (χ1n) is 14.4. The molecule has 2 aliphatic carbocycles. The fourth-order valence-electron chi connectivity index (χ4n) is 6.63. The van der Waals surface area contributed by atoms with Crippen molar-refractivity contribution in [2.45, 2.75) is 135 Å². The molecule has 3 nitrogen and oxygen atoms in total. The van der Waals surface area contributed by atoms with Crippen LogP contribution in [0.3, 0.4) is 0 Å². The second kappa shape index (κ2) is 9.40. The average molecular weight is 580 g/mol. The standard InChI is InChI=1S/C31H44F3NO2SSi/c1-18(2)26-24-25(23-19(35-26)16-29(6,7)17-20(23)37-39(8,9)28(3,4)5)30(14-10-11-15-30)36-27(24)21-12-13-22(38-21)31(32,33)34/h12-13,18,20,27H,10-11,14-17H2,1-9H3. The van der Waals surface area contributed by atoms with E-state index in [0.29, 0.717) is 4.88 Å². The third kappa shape index (κ3) is 5.06. The molecule has 216 valence electrons. The Bertz CT molecular complexity index is 1250. The van der Waals surface area contributed by atoms with Gasteiger partial charge in [0, 0.05) is 27.4 Å². The van der Waals surface area contributed by atoms with Gasteiger partial charge in [-0.3, -0.25) is 4.98 Å². The molecule has 2 atom stereocenters. The summed E-state index contributed by atoms with van der Waals surface area (Å²) >= 11 is 0.812. The van der Waals surface area contributed by atoms with Crippen LogP contribution in [-0.2, 0) is 27.4 Å². The number of halogens is 3. The minimum absolute atomic E-state index is 0.0343. The van der Waals surface area contributed by atoms with Crippen LogP contribution in [0.2, 0.25) is 18.1 Å². The predicted molar refractivity (Wildman–Crippen MR) is 154 cm³/mol. The van der Waals surface area contributed by atoms with Gasteiger partial charge in [0.15, 0.2) is 8.32 Å². The van der Waals surface area contributed by atoms with E-state index in [1.807, 2.05) is 0 Å². The summed E-state index contributed by atoms with van der Waals surface area (Å²) in [5.41, 5.74) is 5.04. The maximum absolute atomic E-state index is 13.6. The Hall–Kier alpha value is -1.22. The van der Waals surface area contributed by atoms with E-state index in [4.69, 9.17) is 14.1 Å². The smallest absolute Gasteiger partial charge is 0.410 e. The summed E-state index contributed by atoms with van der Waals surface area (Å²) in [6, 6.07) is 2.82. The molecule has 2 aromatic heterocycles. The molecule has 1 saturated carbocycles. The summed E-state index contributed by atoms with van der Waals surface area (Å²) in [7, 11) is -2.13. The Labute approximate surface area is 237 Å². The summed E-state index contributed by atoms with van der Waals surface area (Å²) in [6.45, 7) is 20.3. The second-order valence-electron chi connectivity index (χ2n) is 14.6. The number of alkyl halides is 3. The Balaban J connectivity index is 1.76.